The smallest absolute Gasteiger partial charge is 0.348 e. The third kappa shape index (κ3) is 5.28. The van der Waals surface area contributed by atoms with Crippen LogP contribution in [0.3, 0.4) is 0 Å². The summed E-state index contributed by atoms with van der Waals surface area (Å²) in [7, 11) is -2.34. The Hall–Kier alpha value is -3.11. The first kappa shape index (κ1) is 23.1. The molecule has 2 aromatic carbocycles. The van der Waals surface area contributed by atoms with Gasteiger partial charge in [0, 0.05) is 6.04 Å². The molecular formula is C23H26N2O7S. The molecule has 1 heterocycles. The summed E-state index contributed by atoms with van der Waals surface area (Å²) in [4.78, 5) is 26.4. The molecule has 0 aromatic heterocycles. The van der Waals surface area contributed by atoms with E-state index in [1.165, 1.54) is 36.3 Å². The van der Waals surface area contributed by atoms with Gasteiger partial charge in [0.2, 0.25) is 16.1 Å². The first-order chi connectivity index (χ1) is 15.9. The molecule has 0 bridgehead atoms. The van der Waals surface area contributed by atoms with Crippen LogP contribution in [0.15, 0.2) is 53.4 Å². The fourth-order valence-corrected chi connectivity index (χ4v) is 5.30. The molecule has 2 aromatic rings. The van der Waals surface area contributed by atoms with E-state index in [0.717, 1.165) is 25.7 Å². The number of para-hydroxylation sites is 2. The van der Waals surface area contributed by atoms with Crippen LogP contribution in [0.4, 0.5) is 5.69 Å². The van der Waals surface area contributed by atoms with E-state index >= 15 is 0 Å². The number of fused-ring (bicyclic) bond motifs is 1. The summed E-state index contributed by atoms with van der Waals surface area (Å²) in [6, 6.07) is 12.8. The fourth-order valence-electron chi connectivity index (χ4n) is 3.99. The predicted octanol–water partition coefficient (Wildman–Crippen LogP) is 2.25. The van der Waals surface area contributed by atoms with Gasteiger partial charge in [-0.05, 0) is 49.2 Å². The standard InChI is InChI=1S/C23H26N2O7S/c1-30-23(27)21-14-25(19-8-4-5-9-20(19)32-21)22(26)15-31-17-10-12-18(13-11-17)33(28,29)24-16-6-2-3-7-16/h4-5,8-13,16,21,24H,2-3,6-7,14-15H2,1H3/t21-/m0/s1. The number of methoxy groups -OCH3 is 1. The summed E-state index contributed by atoms with van der Waals surface area (Å²) in [6.45, 7) is -0.301. The molecule has 1 N–H and O–H groups in total. The van der Waals surface area contributed by atoms with Crippen molar-refractivity contribution in [3.05, 3.63) is 48.5 Å². The van der Waals surface area contributed by atoms with E-state index < -0.39 is 22.1 Å². The molecule has 0 spiro atoms. The zero-order valence-electron chi connectivity index (χ0n) is 18.2. The average molecular weight is 475 g/mol. The van der Waals surface area contributed by atoms with Crippen molar-refractivity contribution in [1.29, 1.82) is 0 Å². The highest BCUT2D eigenvalue weighted by Gasteiger charge is 2.34. The van der Waals surface area contributed by atoms with Crippen molar-refractivity contribution in [1.82, 2.24) is 4.72 Å². The minimum Gasteiger partial charge on any atom is -0.484 e. The minimum absolute atomic E-state index is 0.00407. The number of sulfonamides is 1. The molecule has 176 valence electrons. The second kappa shape index (κ2) is 9.80. The zero-order valence-corrected chi connectivity index (χ0v) is 19.0. The topological polar surface area (TPSA) is 111 Å². The third-order valence-electron chi connectivity index (χ3n) is 5.71. The number of nitrogens with zero attached hydrogens (tertiary/aromatic N) is 1. The SMILES string of the molecule is COC(=O)[C@@H]1CN(C(=O)COc2ccc(S(=O)(=O)NC3CCCC3)cc2)c2ccccc2O1. The van der Waals surface area contributed by atoms with Crippen LogP contribution in [-0.2, 0) is 24.3 Å². The lowest BCUT2D eigenvalue weighted by Crippen LogP contribution is -2.48. The second-order valence-corrected chi connectivity index (χ2v) is 9.68. The van der Waals surface area contributed by atoms with E-state index in [1.54, 1.807) is 24.3 Å². The quantitative estimate of drug-likeness (QED) is 0.613. The Bertz CT molecular complexity index is 1110. The molecule has 9 nitrogen and oxygen atoms in total. The number of nitrogens with one attached hydrogen (secondary N) is 1. The van der Waals surface area contributed by atoms with Gasteiger partial charge >= 0.3 is 5.97 Å². The van der Waals surface area contributed by atoms with Crippen molar-refractivity contribution in [3.63, 3.8) is 0 Å². The van der Waals surface area contributed by atoms with E-state index in [1.807, 2.05) is 0 Å². The molecule has 1 amide bonds. The van der Waals surface area contributed by atoms with Crippen LogP contribution in [0, 0.1) is 0 Å². The normalized spacial score (nSPS) is 18.3. The number of amides is 1. The van der Waals surface area contributed by atoms with Gasteiger partial charge in [-0.3, -0.25) is 4.79 Å². The monoisotopic (exact) mass is 474 g/mol. The largest absolute Gasteiger partial charge is 0.484 e. The van der Waals surface area contributed by atoms with Crippen LogP contribution in [0.5, 0.6) is 11.5 Å². The number of rotatable bonds is 7. The van der Waals surface area contributed by atoms with Crippen LogP contribution in [0.25, 0.3) is 0 Å². The fraction of sp³-hybridized carbons (Fsp3) is 0.391. The van der Waals surface area contributed by atoms with Gasteiger partial charge in [0.25, 0.3) is 5.91 Å². The summed E-state index contributed by atoms with van der Waals surface area (Å²) >= 11 is 0. The molecule has 1 fully saturated rings. The lowest BCUT2D eigenvalue weighted by atomic mass is 10.2. The molecule has 1 saturated carbocycles. The van der Waals surface area contributed by atoms with Crippen molar-refractivity contribution in [2.24, 2.45) is 0 Å². The number of ether oxygens (including phenoxy) is 3. The average Bonchev–Trinajstić information content (AvgIpc) is 3.33. The Morgan fingerprint density at radius 1 is 1.09 bits per heavy atom. The molecule has 0 saturated heterocycles. The van der Waals surface area contributed by atoms with Crippen LogP contribution in [0.1, 0.15) is 25.7 Å². The molecule has 0 unspecified atom stereocenters. The summed E-state index contributed by atoms with van der Waals surface area (Å²) in [5, 5.41) is 0. The van der Waals surface area contributed by atoms with Gasteiger partial charge in [-0.1, -0.05) is 25.0 Å². The molecule has 33 heavy (non-hydrogen) atoms. The van der Waals surface area contributed by atoms with Crippen LogP contribution in [-0.4, -0.2) is 52.7 Å². The highest BCUT2D eigenvalue weighted by Crippen LogP contribution is 2.33. The number of carbonyl (C=O) groups excluding carboxylic acids is 2. The van der Waals surface area contributed by atoms with Gasteiger partial charge in [0.1, 0.15) is 11.5 Å². The van der Waals surface area contributed by atoms with E-state index in [2.05, 4.69) is 4.72 Å². The summed E-state index contributed by atoms with van der Waals surface area (Å²) in [6.07, 6.45) is 2.82. The highest BCUT2D eigenvalue weighted by molar-refractivity contribution is 7.89. The van der Waals surface area contributed by atoms with Crippen molar-refractivity contribution in [2.45, 2.75) is 42.7 Å². The van der Waals surface area contributed by atoms with Crippen LogP contribution in [0.2, 0.25) is 0 Å². The van der Waals surface area contributed by atoms with Crippen LogP contribution < -0.4 is 19.1 Å². The number of esters is 1. The lowest BCUT2D eigenvalue weighted by Gasteiger charge is -2.33. The van der Waals surface area contributed by atoms with Gasteiger partial charge in [-0.15, -0.1) is 0 Å². The number of hydrogen-bond acceptors (Lipinski definition) is 7. The first-order valence-electron chi connectivity index (χ1n) is 10.8. The van der Waals surface area contributed by atoms with Crippen molar-refractivity contribution in [2.75, 3.05) is 25.2 Å². The first-order valence-corrected chi connectivity index (χ1v) is 12.2. The molecule has 4 rings (SSSR count). The van der Waals surface area contributed by atoms with Gasteiger partial charge in [-0.25, -0.2) is 17.9 Å². The summed E-state index contributed by atoms with van der Waals surface area (Å²) in [5.41, 5.74) is 0.533. The summed E-state index contributed by atoms with van der Waals surface area (Å²) < 4.78 is 43.8. The molecule has 10 heteroatoms. The van der Waals surface area contributed by atoms with E-state index in [9.17, 15) is 18.0 Å². The van der Waals surface area contributed by atoms with Gasteiger partial charge in [-0.2, -0.15) is 0 Å². The van der Waals surface area contributed by atoms with Gasteiger partial charge in [0.15, 0.2) is 6.61 Å². The Kier molecular flexibility index (Phi) is 6.85. The van der Waals surface area contributed by atoms with Crippen molar-refractivity contribution < 1.29 is 32.2 Å². The minimum atomic E-state index is -3.60. The maximum atomic E-state index is 12.9. The number of anilines is 1. The molecular weight excluding hydrogens is 448 g/mol. The summed E-state index contributed by atoms with van der Waals surface area (Å²) in [5.74, 6) is -0.198. The molecule has 0 radical (unpaired) electrons. The molecule has 1 atom stereocenters. The van der Waals surface area contributed by atoms with E-state index in [4.69, 9.17) is 14.2 Å². The third-order valence-corrected chi connectivity index (χ3v) is 7.25. The van der Waals surface area contributed by atoms with E-state index in [0.29, 0.717) is 17.2 Å². The van der Waals surface area contributed by atoms with Gasteiger partial charge < -0.3 is 19.1 Å². The van der Waals surface area contributed by atoms with Crippen molar-refractivity contribution >= 4 is 27.6 Å². The van der Waals surface area contributed by atoms with Crippen LogP contribution >= 0.6 is 0 Å². The maximum absolute atomic E-state index is 12.9. The Morgan fingerprint density at radius 3 is 2.48 bits per heavy atom. The highest BCUT2D eigenvalue weighted by atomic mass is 32.2. The zero-order chi connectivity index (χ0) is 23.4. The Balaban J connectivity index is 1.40. The maximum Gasteiger partial charge on any atom is 0.348 e. The lowest BCUT2D eigenvalue weighted by molar-refractivity contribution is -0.148. The number of benzene rings is 2. The molecule has 1 aliphatic carbocycles. The van der Waals surface area contributed by atoms with E-state index in [-0.39, 0.29) is 30.0 Å². The number of carbonyl (C=O) groups is 2. The Labute approximate surface area is 192 Å². The van der Waals surface area contributed by atoms with Crippen molar-refractivity contribution in [3.8, 4) is 11.5 Å². The van der Waals surface area contributed by atoms with Gasteiger partial charge in [0.05, 0.1) is 24.2 Å². The Morgan fingerprint density at radius 2 is 1.79 bits per heavy atom. The predicted molar refractivity (Wildman–Crippen MR) is 120 cm³/mol. The molecule has 2 aliphatic rings. The second-order valence-electron chi connectivity index (χ2n) is 7.96. The molecule has 1 aliphatic heterocycles. The number of hydrogen-bond donors (Lipinski definition) is 1.